The summed E-state index contributed by atoms with van der Waals surface area (Å²) < 4.78 is 0. The summed E-state index contributed by atoms with van der Waals surface area (Å²) in [6.07, 6.45) is 25.2. The molecule has 166 valence electrons. The van der Waals surface area contributed by atoms with E-state index in [1.54, 1.807) is 12.2 Å². The minimum atomic E-state index is -0.0450. The van der Waals surface area contributed by atoms with Crippen LogP contribution in [-0.4, -0.2) is 23.9 Å². The highest BCUT2D eigenvalue weighted by Gasteiger charge is 2.38. The van der Waals surface area contributed by atoms with Crippen LogP contribution in [0.3, 0.4) is 0 Å². The van der Waals surface area contributed by atoms with Crippen molar-refractivity contribution in [2.75, 3.05) is 0 Å². The summed E-state index contributed by atoms with van der Waals surface area (Å²) in [6.45, 7) is 4.45. The Bertz CT molecular complexity index is 455. The van der Waals surface area contributed by atoms with Crippen molar-refractivity contribution in [3.05, 3.63) is 24.3 Å². The van der Waals surface area contributed by atoms with Gasteiger partial charge in [-0.05, 0) is 44.3 Å². The van der Waals surface area contributed by atoms with E-state index in [-0.39, 0.29) is 23.9 Å². The van der Waals surface area contributed by atoms with E-state index in [2.05, 4.69) is 24.5 Å². The fraction of sp³-hybridized carbons (Fsp3) is 0.760. The second-order valence-corrected chi connectivity index (χ2v) is 8.38. The molecular formula is C25H44N2O2. The molecule has 1 rings (SSSR count). The molecule has 1 fully saturated rings. The van der Waals surface area contributed by atoms with Gasteiger partial charge < -0.3 is 10.6 Å². The Morgan fingerprint density at radius 2 is 1.03 bits per heavy atom. The molecule has 4 heteroatoms. The van der Waals surface area contributed by atoms with Crippen LogP contribution in [0.25, 0.3) is 0 Å². The molecule has 2 N–H and O–H groups in total. The summed E-state index contributed by atoms with van der Waals surface area (Å²) >= 11 is 0. The van der Waals surface area contributed by atoms with Gasteiger partial charge >= 0.3 is 0 Å². The third-order valence-corrected chi connectivity index (χ3v) is 5.43. The Hall–Kier alpha value is -1.58. The molecule has 2 unspecified atom stereocenters. The number of carbonyl (C=O) groups excluding carboxylic acids is 2. The van der Waals surface area contributed by atoms with Crippen LogP contribution in [0.1, 0.15) is 110 Å². The highest BCUT2D eigenvalue weighted by molar-refractivity contribution is 5.89. The predicted molar refractivity (Wildman–Crippen MR) is 123 cm³/mol. The van der Waals surface area contributed by atoms with Crippen LogP contribution >= 0.6 is 0 Å². The zero-order valence-electron chi connectivity index (χ0n) is 18.9. The summed E-state index contributed by atoms with van der Waals surface area (Å²) in [5.74, 6) is -0.0901. The number of rotatable bonds is 18. The molecule has 0 bridgehead atoms. The van der Waals surface area contributed by atoms with E-state index >= 15 is 0 Å². The van der Waals surface area contributed by atoms with Gasteiger partial charge in [-0.3, -0.25) is 9.59 Å². The number of unbranched alkanes of at least 4 members (excludes halogenated alkanes) is 12. The number of hydrogen-bond acceptors (Lipinski definition) is 2. The van der Waals surface area contributed by atoms with Gasteiger partial charge in [0.15, 0.2) is 0 Å². The SMILES string of the molecule is CCCCCCCCC=CC(=O)NC1CC1NC(=O)C=CCCCCCCCC. The first-order valence-electron chi connectivity index (χ1n) is 12.1. The first-order chi connectivity index (χ1) is 14.2. The van der Waals surface area contributed by atoms with Gasteiger partial charge in [0.1, 0.15) is 0 Å². The molecule has 1 aliphatic rings. The fourth-order valence-electron chi connectivity index (χ4n) is 3.44. The average molecular weight is 405 g/mol. The van der Waals surface area contributed by atoms with Gasteiger partial charge in [0.2, 0.25) is 11.8 Å². The molecular weight excluding hydrogens is 360 g/mol. The van der Waals surface area contributed by atoms with Crippen LogP contribution in [0.4, 0.5) is 0 Å². The molecule has 0 aromatic rings. The van der Waals surface area contributed by atoms with E-state index in [9.17, 15) is 9.59 Å². The molecule has 0 aromatic carbocycles. The lowest BCUT2D eigenvalue weighted by atomic mass is 10.1. The van der Waals surface area contributed by atoms with Crippen molar-refractivity contribution in [2.24, 2.45) is 0 Å². The van der Waals surface area contributed by atoms with Crippen molar-refractivity contribution in [3.8, 4) is 0 Å². The van der Waals surface area contributed by atoms with E-state index in [1.165, 1.54) is 64.2 Å². The summed E-state index contributed by atoms with van der Waals surface area (Å²) in [6, 6.07) is 0.161. The van der Waals surface area contributed by atoms with Gasteiger partial charge in [0, 0.05) is 0 Å². The fourth-order valence-corrected chi connectivity index (χ4v) is 3.44. The van der Waals surface area contributed by atoms with E-state index < -0.39 is 0 Å². The smallest absolute Gasteiger partial charge is 0.243 e. The van der Waals surface area contributed by atoms with E-state index in [0.29, 0.717) is 0 Å². The van der Waals surface area contributed by atoms with Crippen molar-refractivity contribution in [1.82, 2.24) is 10.6 Å². The zero-order valence-corrected chi connectivity index (χ0v) is 18.9. The number of allylic oxidation sites excluding steroid dienone is 2. The highest BCUT2D eigenvalue weighted by atomic mass is 16.2. The normalized spacial score (nSPS) is 18.4. The second-order valence-electron chi connectivity index (χ2n) is 8.38. The summed E-state index contributed by atoms with van der Waals surface area (Å²) in [5.41, 5.74) is 0. The molecule has 4 nitrogen and oxygen atoms in total. The predicted octanol–water partition coefficient (Wildman–Crippen LogP) is 5.97. The summed E-state index contributed by atoms with van der Waals surface area (Å²) in [4.78, 5) is 23.8. The molecule has 0 heterocycles. The molecule has 1 saturated carbocycles. The summed E-state index contributed by atoms with van der Waals surface area (Å²) in [7, 11) is 0. The van der Waals surface area contributed by atoms with Gasteiger partial charge in [0.05, 0.1) is 12.1 Å². The first-order valence-corrected chi connectivity index (χ1v) is 12.1. The number of amides is 2. The second kappa shape index (κ2) is 17.3. The molecule has 0 aliphatic heterocycles. The molecule has 0 saturated heterocycles. The minimum absolute atomic E-state index is 0.0450. The maximum atomic E-state index is 11.9. The van der Waals surface area contributed by atoms with Crippen molar-refractivity contribution in [2.45, 2.75) is 122 Å². The van der Waals surface area contributed by atoms with Gasteiger partial charge in [-0.1, -0.05) is 90.2 Å². The number of carbonyl (C=O) groups is 2. The van der Waals surface area contributed by atoms with Crippen LogP contribution in [0, 0.1) is 0 Å². The lowest BCUT2D eigenvalue weighted by molar-refractivity contribution is -0.118. The largest absolute Gasteiger partial charge is 0.348 e. The molecule has 29 heavy (non-hydrogen) atoms. The Kier molecular flexibility index (Phi) is 15.2. The number of hydrogen-bond donors (Lipinski definition) is 2. The van der Waals surface area contributed by atoms with Crippen molar-refractivity contribution < 1.29 is 9.59 Å². The Balaban J connectivity index is 2.00. The van der Waals surface area contributed by atoms with Gasteiger partial charge in [0.25, 0.3) is 0 Å². The highest BCUT2D eigenvalue weighted by Crippen LogP contribution is 2.21. The average Bonchev–Trinajstić information content (AvgIpc) is 3.42. The van der Waals surface area contributed by atoms with Crippen LogP contribution in [0.2, 0.25) is 0 Å². The quantitative estimate of drug-likeness (QED) is 0.218. The Morgan fingerprint density at radius 1 is 0.655 bits per heavy atom. The lowest BCUT2D eigenvalue weighted by Crippen LogP contribution is -2.33. The van der Waals surface area contributed by atoms with E-state index in [0.717, 1.165) is 32.1 Å². The molecule has 0 spiro atoms. The van der Waals surface area contributed by atoms with Crippen molar-refractivity contribution >= 4 is 11.8 Å². The third kappa shape index (κ3) is 15.0. The Morgan fingerprint density at radius 3 is 1.45 bits per heavy atom. The molecule has 2 atom stereocenters. The van der Waals surface area contributed by atoms with Gasteiger partial charge in [-0.2, -0.15) is 0 Å². The van der Waals surface area contributed by atoms with Crippen LogP contribution in [-0.2, 0) is 9.59 Å². The maximum Gasteiger partial charge on any atom is 0.243 e. The monoisotopic (exact) mass is 404 g/mol. The van der Waals surface area contributed by atoms with Gasteiger partial charge in [-0.25, -0.2) is 0 Å². The molecule has 0 radical (unpaired) electrons. The standard InChI is InChI=1S/C25H44N2O2/c1-3-5-7-9-11-13-15-17-19-24(28)26-22-21-23(22)27-25(29)20-18-16-14-12-10-8-6-4-2/h17-20,22-23H,3-16,21H2,1-2H3,(H,26,28)(H,27,29). The van der Waals surface area contributed by atoms with Crippen LogP contribution < -0.4 is 10.6 Å². The molecule has 1 aliphatic carbocycles. The minimum Gasteiger partial charge on any atom is -0.348 e. The van der Waals surface area contributed by atoms with E-state index in [1.807, 2.05) is 12.2 Å². The zero-order chi connectivity index (χ0) is 21.2. The molecule has 0 aromatic heterocycles. The van der Waals surface area contributed by atoms with Crippen LogP contribution in [0.15, 0.2) is 24.3 Å². The van der Waals surface area contributed by atoms with Crippen molar-refractivity contribution in [3.63, 3.8) is 0 Å². The number of nitrogens with one attached hydrogen (secondary N) is 2. The topological polar surface area (TPSA) is 58.2 Å². The summed E-state index contributed by atoms with van der Waals surface area (Å²) in [5, 5.41) is 5.93. The first kappa shape index (κ1) is 25.5. The third-order valence-electron chi connectivity index (χ3n) is 5.43. The van der Waals surface area contributed by atoms with E-state index in [4.69, 9.17) is 0 Å². The van der Waals surface area contributed by atoms with Crippen LogP contribution in [0.5, 0.6) is 0 Å². The maximum absolute atomic E-state index is 11.9. The van der Waals surface area contributed by atoms with Gasteiger partial charge in [-0.15, -0.1) is 0 Å². The van der Waals surface area contributed by atoms with Crippen molar-refractivity contribution in [1.29, 1.82) is 0 Å². The Labute approximate surface area is 179 Å². The molecule has 2 amide bonds. The lowest BCUT2D eigenvalue weighted by Gasteiger charge is -2.03.